The van der Waals surface area contributed by atoms with E-state index in [9.17, 15) is 0 Å². The lowest BCUT2D eigenvalue weighted by atomic mass is 9.88. The second-order valence-electron chi connectivity index (χ2n) is 3.79. The zero-order chi connectivity index (χ0) is 9.26. The first-order valence-electron chi connectivity index (χ1n) is 4.97. The number of methoxy groups -OCH3 is 1. The highest BCUT2D eigenvalue weighted by molar-refractivity contribution is 5.42. The van der Waals surface area contributed by atoms with Crippen molar-refractivity contribution in [2.24, 2.45) is 0 Å². The Kier molecular flexibility index (Phi) is 2.26. The molecule has 0 fully saturated rings. The highest BCUT2D eigenvalue weighted by atomic mass is 16.5. The van der Waals surface area contributed by atoms with Gasteiger partial charge in [-0.3, -0.25) is 0 Å². The summed E-state index contributed by atoms with van der Waals surface area (Å²) in [6.45, 7) is 2.19. The van der Waals surface area contributed by atoms with Crippen molar-refractivity contribution in [1.29, 1.82) is 0 Å². The van der Waals surface area contributed by atoms with Crippen molar-refractivity contribution in [2.75, 3.05) is 7.11 Å². The van der Waals surface area contributed by atoms with Crippen LogP contribution in [0.3, 0.4) is 0 Å². The molecule has 0 saturated heterocycles. The summed E-state index contributed by atoms with van der Waals surface area (Å²) in [6, 6.07) is 4.34. The SMILES string of the molecule is COc1cc(C)c2c(c1)CCCC2. The number of hydrogen-bond donors (Lipinski definition) is 0. The molecule has 0 aliphatic heterocycles. The zero-order valence-corrected chi connectivity index (χ0v) is 8.39. The molecule has 0 amide bonds. The highest BCUT2D eigenvalue weighted by Gasteiger charge is 2.12. The topological polar surface area (TPSA) is 9.23 Å². The van der Waals surface area contributed by atoms with Gasteiger partial charge in [-0.25, -0.2) is 0 Å². The number of benzene rings is 1. The Morgan fingerprint density at radius 3 is 2.69 bits per heavy atom. The Morgan fingerprint density at radius 1 is 1.15 bits per heavy atom. The summed E-state index contributed by atoms with van der Waals surface area (Å²) in [5.74, 6) is 1.01. The van der Waals surface area contributed by atoms with Crippen molar-refractivity contribution in [1.82, 2.24) is 0 Å². The van der Waals surface area contributed by atoms with Crippen LogP contribution in [0.25, 0.3) is 0 Å². The van der Waals surface area contributed by atoms with Gasteiger partial charge in [0.1, 0.15) is 5.75 Å². The van der Waals surface area contributed by atoms with Crippen molar-refractivity contribution in [3.63, 3.8) is 0 Å². The lowest BCUT2D eigenvalue weighted by Crippen LogP contribution is -2.05. The molecule has 0 saturated carbocycles. The summed E-state index contributed by atoms with van der Waals surface area (Å²) in [6.07, 6.45) is 5.16. The average molecular weight is 176 g/mol. The lowest BCUT2D eigenvalue weighted by Gasteiger charge is -2.18. The normalized spacial score (nSPS) is 15.2. The fourth-order valence-electron chi connectivity index (χ4n) is 2.17. The van der Waals surface area contributed by atoms with Crippen LogP contribution in [-0.2, 0) is 12.8 Å². The minimum absolute atomic E-state index is 1.01. The van der Waals surface area contributed by atoms with E-state index in [4.69, 9.17) is 4.74 Å². The summed E-state index contributed by atoms with van der Waals surface area (Å²) in [7, 11) is 1.74. The summed E-state index contributed by atoms with van der Waals surface area (Å²) < 4.78 is 5.26. The van der Waals surface area contributed by atoms with Gasteiger partial charge in [0.25, 0.3) is 0 Å². The van der Waals surface area contributed by atoms with Gasteiger partial charge in [-0.05, 0) is 61.4 Å². The molecule has 1 aromatic rings. The maximum atomic E-state index is 5.26. The molecular weight excluding hydrogens is 160 g/mol. The first kappa shape index (κ1) is 8.61. The van der Waals surface area contributed by atoms with Gasteiger partial charge in [-0.15, -0.1) is 0 Å². The van der Waals surface area contributed by atoms with Gasteiger partial charge in [-0.1, -0.05) is 0 Å². The van der Waals surface area contributed by atoms with Crippen LogP contribution in [0.2, 0.25) is 0 Å². The Bertz CT molecular complexity index is 315. The van der Waals surface area contributed by atoms with Crippen LogP contribution in [0.5, 0.6) is 5.75 Å². The largest absolute Gasteiger partial charge is 0.497 e. The van der Waals surface area contributed by atoms with E-state index in [1.807, 2.05) is 0 Å². The van der Waals surface area contributed by atoms with E-state index in [0.29, 0.717) is 0 Å². The molecule has 1 aliphatic carbocycles. The molecule has 0 unspecified atom stereocenters. The number of ether oxygens (including phenoxy) is 1. The van der Waals surface area contributed by atoms with Crippen molar-refractivity contribution in [3.05, 3.63) is 28.8 Å². The van der Waals surface area contributed by atoms with Crippen LogP contribution in [0.4, 0.5) is 0 Å². The second kappa shape index (κ2) is 3.41. The molecule has 13 heavy (non-hydrogen) atoms. The maximum absolute atomic E-state index is 5.26. The highest BCUT2D eigenvalue weighted by Crippen LogP contribution is 2.28. The van der Waals surface area contributed by atoms with Gasteiger partial charge in [0.15, 0.2) is 0 Å². The van der Waals surface area contributed by atoms with E-state index in [1.54, 1.807) is 12.7 Å². The van der Waals surface area contributed by atoms with Gasteiger partial charge in [0, 0.05) is 0 Å². The molecule has 1 aliphatic rings. The fraction of sp³-hybridized carbons (Fsp3) is 0.500. The molecule has 0 aromatic heterocycles. The van der Waals surface area contributed by atoms with E-state index in [1.165, 1.54) is 36.8 Å². The Morgan fingerprint density at radius 2 is 1.92 bits per heavy atom. The van der Waals surface area contributed by atoms with Crippen LogP contribution >= 0.6 is 0 Å². The first-order valence-corrected chi connectivity index (χ1v) is 4.97. The molecule has 1 heteroatoms. The van der Waals surface area contributed by atoms with Gasteiger partial charge >= 0.3 is 0 Å². The van der Waals surface area contributed by atoms with E-state index in [-0.39, 0.29) is 0 Å². The standard InChI is InChI=1S/C12H16O/c1-9-7-11(13-2)8-10-5-3-4-6-12(9)10/h7-8H,3-6H2,1-2H3. The molecule has 0 bridgehead atoms. The third kappa shape index (κ3) is 1.55. The van der Waals surface area contributed by atoms with Crippen molar-refractivity contribution in [3.8, 4) is 5.75 Å². The summed E-state index contributed by atoms with van der Waals surface area (Å²) in [4.78, 5) is 0. The van der Waals surface area contributed by atoms with E-state index in [0.717, 1.165) is 5.75 Å². The summed E-state index contributed by atoms with van der Waals surface area (Å²) in [5, 5.41) is 0. The van der Waals surface area contributed by atoms with Crippen LogP contribution in [-0.4, -0.2) is 7.11 Å². The third-order valence-electron chi connectivity index (χ3n) is 2.90. The van der Waals surface area contributed by atoms with Crippen LogP contribution in [0.15, 0.2) is 12.1 Å². The Balaban J connectivity index is 2.47. The molecule has 1 nitrogen and oxygen atoms in total. The van der Waals surface area contributed by atoms with Gasteiger partial charge in [0.05, 0.1) is 7.11 Å². The second-order valence-corrected chi connectivity index (χ2v) is 3.79. The van der Waals surface area contributed by atoms with Crippen molar-refractivity contribution in [2.45, 2.75) is 32.6 Å². The number of hydrogen-bond acceptors (Lipinski definition) is 1. The lowest BCUT2D eigenvalue weighted by molar-refractivity contribution is 0.413. The third-order valence-corrected chi connectivity index (χ3v) is 2.90. The van der Waals surface area contributed by atoms with Crippen molar-refractivity contribution < 1.29 is 4.74 Å². The van der Waals surface area contributed by atoms with Gasteiger partial charge < -0.3 is 4.74 Å². The first-order chi connectivity index (χ1) is 6.31. The van der Waals surface area contributed by atoms with E-state index >= 15 is 0 Å². The average Bonchev–Trinajstić information content (AvgIpc) is 2.18. The van der Waals surface area contributed by atoms with E-state index < -0.39 is 0 Å². The zero-order valence-electron chi connectivity index (χ0n) is 8.39. The summed E-state index contributed by atoms with van der Waals surface area (Å²) >= 11 is 0. The Labute approximate surface area is 79.7 Å². The predicted octanol–water partition coefficient (Wildman–Crippen LogP) is 2.88. The smallest absolute Gasteiger partial charge is 0.119 e. The predicted molar refractivity (Wildman–Crippen MR) is 54.4 cm³/mol. The molecule has 0 atom stereocenters. The maximum Gasteiger partial charge on any atom is 0.119 e. The molecule has 0 heterocycles. The molecule has 0 N–H and O–H groups in total. The number of fused-ring (bicyclic) bond motifs is 1. The molecule has 70 valence electrons. The van der Waals surface area contributed by atoms with Crippen molar-refractivity contribution >= 4 is 0 Å². The minimum atomic E-state index is 1.01. The quantitative estimate of drug-likeness (QED) is 0.639. The summed E-state index contributed by atoms with van der Waals surface area (Å²) in [5.41, 5.74) is 4.46. The van der Waals surface area contributed by atoms with E-state index in [2.05, 4.69) is 19.1 Å². The molecular formula is C12H16O. The Hall–Kier alpha value is -0.980. The van der Waals surface area contributed by atoms with Crippen LogP contribution < -0.4 is 4.74 Å². The van der Waals surface area contributed by atoms with Crippen LogP contribution in [0, 0.1) is 6.92 Å². The minimum Gasteiger partial charge on any atom is -0.497 e. The number of rotatable bonds is 1. The van der Waals surface area contributed by atoms with Gasteiger partial charge in [-0.2, -0.15) is 0 Å². The van der Waals surface area contributed by atoms with Crippen LogP contribution in [0.1, 0.15) is 29.5 Å². The van der Waals surface area contributed by atoms with Gasteiger partial charge in [0.2, 0.25) is 0 Å². The monoisotopic (exact) mass is 176 g/mol. The molecule has 0 radical (unpaired) electrons. The molecule has 2 rings (SSSR count). The fourth-order valence-corrected chi connectivity index (χ4v) is 2.17. The molecule has 0 spiro atoms. The number of aryl methyl sites for hydroxylation is 2. The molecule has 1 aromatic carbocycles.